The molecule has 110 heavy (non-hydrogen) atoms. The van der Waals surface area contributed by atoms with Crippen molar-refractivity contribution in [3.05, 3.63) is 84.9 Å². The molecule has 0 bridgehead atoms. The van der Waals surface area contributed by atoms with E-state index < -0.39 is 0 Å². The molecule has 5 rings (SSSR count). The Morgan fingerprint density at radius 1 is 0.182 bits per heavy atom. The molecule has 0 saturated heterocycles. The molecule has 0 spiro atoms. The molecule has 0 aromatic heterocycles. The van der Waals surface area contributed by atoms with Gasteiger partial charge in [0.1, 0.15) is 23.0 Å². The van der Waals surface area contributed by atoms with Crippen LogP contribution in [-0.2, 0) is 0 Å². The van der Waals surface area contributed by atoms with Gasteiger partial charge < -0.3 is 18.9 Å². The second kappa shape index (κ2) is 67.0. The second-order valence-electron chi connectivity index (χ2n) is 35.2. The van der Waals surface area contributed by atoms with E-state index in [1.807, 2.05) is 0 Å². The lowest BCUT2D eigenvalue weighted by molar-refractivity contribution is 0.214. The standard InChI is InChI=1S/C106H178O4/c1-9-17-25-33-40-44-45-49-56-64-76-94(72-60-52-39-31-23-15-7)90-110-100-84-96(83-99(86-100)109-89-93(71-59-51-38-30-22-14-6)75-63-55-48-43-36-28-20-12-4)106-103-79-67-65-77-101(103)105(102-78-66-68-80-104(102)106)95-81-97(107-87-91(69-57-32-24-16-8)73-61-53-46-41-34-26-18-10-2)85-98(82-95)108-88-92(70-58-50-37-29-21-13-5)74-62-54-47-42-35-27-19-11-3/h65-68,77-86,91-94H,9-64,69-76,87-90H2,1-8H3. The molecule has 0 fully saturated rings. The summed E-state index contributed by atoms with van der Waals surface area (Å²) in [5.41, 5.74) is 4.90. The van der Waals surface area contributed by atoms with Crippen LogP contribution in [0.15, 0.2) is 84.9 Å². The zero-order valence-corrected chi connectivity index (χ0v) is 74.1. The molecule has 0 radical (unpaired) electrons. The number of rotatable bonds is 78. The van der Waals surface area contributed by atoms with Gasteiger partial charge in [-0.15, -0.1) is 0 Å². The average molecular weight is 1520 g/mol. The molecule has 5 aromatic carbocycles. The number of ether oxygens (including phenoxy) is 4. The van der Waals surface area contributed by atoms with Crippen molar-refractivity contribution in [3.63, 3.8) is 0 Å². The summed E-state index contributed by atoms with van der Waals surface area (Å²) in [6.45, 7) is 21.7. The average Bonchev–Trinajstić information content (AvgIpc) is 0.734. The van der Waals surface area contributed by atoms with Gasteiger partial charge in [0.2, 0.25) is 0 Å². The highest BCUT2D eigenvalue weighted by Crippen LogP contribution is 2.47. The van der Waals surface area contributed by atoms with E-state index in [4.69, 9.17) is 18.9 Å². The number of benzene rings is 5. The van der Waals surface area contributed by atoms with E-state index in [0.717, 1.165) is 49.4 Å². The number of unbranched alkanes of at least 4 members (excludes halogenated alkanes) is 48. The molecule has 0 N–H and O–H groups in total. The molecule has 0 amide bonds. The van der Waals surface area contributed by atoms with Crippen LogP contribution in [0.25, 0.3) is 43.8 Å². The van der Waals surface area contributed by atoms with Gasteiger partial charge in [0.05, 0.1) is 26.4 Å². The third-order valence-corrected chi connectivity index (χ3v) is 24.9. The van der Waals surface area contributed by atoms with Gasteiger partial charge in [-0.05, 0) is 143 Å². The molecular formula is C106H178O4. The van der Waals surface area contributed by atoms with Crippen LogP contribution in [0.4, 0.5) is 0 Å². The lowest BCUT2D eigenvalue weighted by atomic mass is 9.86. The van der Waals surface area contributed by atoms with Crippen molar-refractivity contribution in [2.24, 2.45) is 23.7 Å². The molecule has 4 atom stereocenters. The topological polar surface area (TPSA) is 36.9 Å². The molecule has 0 aliphatic carbocycles. The molecule has 4 nitrogen and oxygen atoms in total. The van der Waals surface area contributed by atoms with Crippen molar-refractivity contribution in [2.75, 3.05) is 26.4 Å². The van der Waals surface area contributed by atoms with Crippen LogP contribution < -0.4 is 18.9 Å². The molecule has 0 aliphatic heterocycles. The Labute approximate surface area is 683 Å². The first-order valence-electron chi connectivity index (χ1n) is 49.1. The monoisotopic (exact) mass is 1520 g/mol. The first-order valence-corrected chi connectivity index (χ1v) is 49.1. The molecule has 4 unspecified atom stereocenters. The molecule has 0 saturated carbocycles. The van der Waals surface area contributed by atoms with Crippen LogP contribution >= 0.6 is 0 Å². The largest absolute Gasteiger partial charge is 0.493 e. The second-order valence-corrected chi connectivity index (χ2v) is 35.2. The summed E-state index contributed by atoms with van der Waals surface area (Å²) in [4.78, 5) is 0. The minimum absolute atomic E-state index is 0.541. The zero-order valence-electron chi connectivity index (χ0n) is 74.1. The first kappa shape index (κ1) is 96.4. The molecule has 5 aromatic rings. The fourth-order valence-corrected chi connectivity index (χ4v) is 17.7. The Hall–Kier alpha value is -4.18. The van der Waals surface area contributed by atoms with E-state index in [9.17, 15) is 0 Å². The zero-order chi connectivity index (χ0) is 78.0. The predicted molar refractivity (Wildman–Crippen MR) is 489 cm³/mol. The van der Waals surface area contributed by atoms with Crippen LogP contribution in [0.5, 0.6) is 23.0 Å². The maximum Gasteiger partial charge on any atom is 0.123 e. The maximum absolute atomic E-state index is 7.34. The van der Waals surface area contributed by atoms with Crippen LogP contribution in [0.2, 0.25) is 0 Å². The summed E-state index contributed by atoms with van der Waals surface area (Å²) in [6.07, 6.45) is 85.5. The highest BCUT2D eigenvalue weighted by atomic mass is 16.5. The van der Waals surface area contributed by atoms with E-state index in [1.54, 1.807) is 0 Å². The fraction of sp³-hybridized carbons (Fsp3) is 0.755. The highest BCUT2D eigenvalue weighted by Gasteiger charge is 2.23. The van der Waals surface area contributed by atoms with Gasteiger partial charge in [-0.2, -0.15) is 0 Å². The molecular weight excluding hydrogens is 1340 g/mol. The molecule has 0 heterocycles. The Morgan fingerprint density at radius 3 is 0.491 bits per heavy atom. The van der Waals surface area contributed by atoms with E-state index in [1.165, 1.54) is 455 Å². The summed E-state index contributed by atoms with van der Waals surface area (Å²) in [6, 6.07) is 32.9. The van der Waals surface area contributed by atoms with Gasteiger partial charge in [0, 0.05) is 12.1 Å². The van der Waals surface area contributed by atoms with Gasteiger partial charge in [-0.3, -0.25) is 0 Å². The van der Waals surface area contributed by atoms with Crippen molar-refractivity contribution in [1.29, 1.82) is 0 Å². The molecule has 0 aliphatic rings. The van der Waals surface area contributed by atoms with E-state index in [2.05, 4.69) is 140 Å². The van der Waals surface area contributed by atoms with Crippen molar-refractivity contribution in [1.82, 2.24) is 0 Å². The van der Waals surface area contributed by atoms with Crippen molar-refractivity contribution >= 4 is 21.5 Å². The summed E-state index contributed by atoms with van der Waals surface area (Å²) >= 11 is 0. The normalized spacial score (nSPS) is 12.9. The third kappa shape index (κ3) is 44.1. The Bertz CT molecular complexity index is 2850. The Kier molecular flexibility index (Phi) is 58.8. The fourth-order valence-electron chi connectivity index (χ4n) is 17.7. The number of hydrogen-bond donors (Lipinski definition) is 0. The number of hydrogen-bond acceptors (Lipinski definition) is 4. The van der Waals surface area contributed by atoms with Crippen LogP contribution in [0.3, 0.4) is 0 Å². The summed E-state index contributed by atoms with van der Waals surface area (Å²) in [7, 11) is 0. The number of fused-ring (bicyclic) bond motifs is 2. The smallest absolute Gasteiger partial charge is 0.123 e. The lowest BCUT2D eigenvalue weighted by Crippen LogP contribution is -2.14. The summed E-state index contributed by atoms with van der Waals surface area (Å²) in [5, 5.41) is 5.05. The SMILES string of the molecule is CCCCCCCCCCCCC(CCCCCCCC)COc1cc(OCC(CCCCCCCC)CCCCCCCCCC)cc(-c2c3ccccc3c(-c3cc(OCC(CCCCCC)CCCCCCCCCC)cc(OCC(CCCCCCCC)CCCCCCCCCC)c3)c3ccccc23)c1. The Balaban J connectivity index is 1.61. The van der Waals surface area contributed by atoms with Crippen molar-refractivity contribution < 1.29 is 18.9 Å². The minimum atomic E-state index is 0.541. The lowest BCUT2D eigenvalue weighted by Gasteiger charge is -2.23. The van der Waals surface area contributed by atoms with Crippen LogP contribution in [0, 0.1) is 23.7 Å². The van der Waals surface area contributed by atoms with Gasteiger partial charge in [-0.25, -0.2) is 0 Å². The minimum Gasteiger partial charge on any atom is -0.493 e. The van der Waals surface area contributed by atoms with Crippen LogP contribution in [0.1, 0.15) is 466 Å². The van der Waals surface area contributed by atoms with Gasteiger partial charge in [0.15, 0.2) is 0 Å². The van der Waals surface area contributed by atoms with Crippen molar-refractivity contribution in [2.45, 2.75) is 466 Å². The molecule has 4 heteroatoms. The quantitative estimate of drug-likeness (QED) is 0.0287. The van der Waals surface area contributed by atoms with Gasteiger partial charge in [-0.1, -0.05) is 463 Å². The molecule has 626 valence electrons. The summed E-state index contributed by atoms with van der Waals surface area (Å²) < 4.78 is 29.3. The van der Waals surface area contributed by atoms with E-state index in [-0.39, 0.29) is 0 Å². The highest BCUT2D eigenvalue weighted by molar-refractivity contribution is 6.21. The van der Waals surface area contributed by atoms with E-state index in [0.29, 0.717) is 23.7 Å². The summed E-state index contributed by atoms with van der Waals surface area (Å²) in [5.74, 6) is 5.98. The predicted octanol–water partition coefficient (Wildman–Crippen LogP) is 36.4. The third-order valence-electron chi connectivity index (χ3n) is 24.9. The maximum atomic E-state index is 7.34. The van der Waals surface area contributed by atoms with Crippen LogP contribution in [-0.4, -0.2) is 26.4 Å². The Morgan fingerprint density at radius 2 is 0.327 bits per heavy atom. The van der Waals surface area contributed by atoms with E-state index >= 15 is 0 Å². The first-order chi connectivity index (χ1) is 54.4. The van der Waals surface area contributed by atoms with Gasteiger partial charge in [0.25, 0.3) is 0 Å². The van der Waals surface area contributed by atoms with Crippen molar-refractivity contribution in [3.8, 4) is 45.3 Å². The van der Waals surface area contributed by atoms with Gasteiger partial charge >= 0.3 is 0 Å².